The molecule has 0 bridgehead atoms. The summed E-state index contributed by atoms with van der Waals surface area (Å²) in [4.78, 5) is 4.22. The summed E-state index contributed by atoms with van der Waals surface area (Å²) in [6.45, 7) is 4.73. The lowest BCUT2D eigenvalue weighted by atomic mass is 10.4. The molecule has 0 aliphatic heterocycles. The molecule has 1 aromatic heterocycles. The maximum Gasteiger partial charge on any atom is 0.240 e. The minimum absolute atomic E-state index is 0.161. The highest BCUT2D eigenvalue weighted by atomic mass is 32.2. The van der Waals surface area contributed by atoms with Crippen molar-refractivity contribution in [1.29, 1.82) is 0 Å². The Morgan fingerprint density at radius 3 is 2.70 bits per heavy atom. The van der Waals surface area contributed by atoms with Crippen molar-refractivity contribution in [3.05, 3.63) is 18.3 Å². The van der Waals surface area contributed by atoms with Crippen LogP contribution in [0.4, 0.5) is 5.82 Å². The van der Waals surface area contributed by atoms with Crippen molar-refractivity contribution in [2.24, 2.45) is 0 Å². The molecule has 0 aliphatic rings. The summed E-state index contributed by atoms with van der Waals surface area (Å²) in [7, 11) is -4.55. The fraction of sp³-hybridized carbons (Fsp3) is 0.583. The second-order valence-corrected chi connectivity index (χ2v) is 7.77. The molecule has 2 N–H and O–H groups in total. The van der Waals surface area contributed by atoms with Gasteiger partial charge in [0.15, 0.2) is 0 Å². The van der Waals surface area contributed by atoms with Gasteiger partial charge in [-0.15, -0.1) is 0 Å². The first kappa shape index (κ1) is 17.1. The molecule has 0 aliphatic carbocycles. The van der Waals surface area contributed by atoms with Crippen LogP contribution >= 0.6 is 0 Å². The second-order valence-electron chi connectivity index (χ2n) is 4.13. The van der Waals surface area contributed by atoms with E-state index in [1.165, 1.54) is 18.3 Å². The van der Waals surface area contributed by atoms with E-state index in [1.54, 1.807) is 6.92 Å². The minimum atomic E-state index is -3.58. The molecule has 1 atom stereocenters. The van der Waals surface area contributed by atoms with Gasteiger partial charge in [-0.3, -0.25) is 4.21 Å². The molecule has 0 saturated carbocycles. The Kier molecular flexibility index (Phi) is 7.11. The Labute approximate surface area is 122 Å². The average molecular weight is 319 g/mol. The third-order valence-electron chi connectivity index (χ3n) is 2.54. The topological polar surface area (TPSA) is 88.2 Å². The summed E-state index contributed by atoms with van der Waals surface area (Å²) in [6, 6.07) is 2.94. The van der Waals surface area contributed by atoms with Gasteiger partial charge < -0.3 is 5.32 Å². The van der Waals surface area contributed by atoms with Crippen LogP contribution in [0.25, 0.3) is 0 Å². The Hall–Kier alpha value is -0.990. The minimum Gasteiger partial charge on any atom is -0.370 e. The summed E-state index contributed by atoms with van der Waals surface area (Å²) >= 11 is 0. The van der Waals surface area contributed by atoms with Gasteiger partial charge in [0.25, 0.3) is 0 Å². The van der Waals surface area contributed by atoms with Crippen LogP contribution in [0.2, 0.25) is 0 Å². The molecule has 0 saturated heterocycles. The van der Waals surface area contributed by atoms with E-state index in [9.17, 15) is 12.6 Å². The van der Waals surface area contributed by atoms with Crippen molar-refractivity contribution in [1.82, 2.24) is 9.71 Å². The molecule has 1 heterocycles. The SMILES string of the molecule is CCCNc1cc(S(=O)(=O)NCCS(=O)CC)ccn1. The fourth-order valence-electron chi connectivity index (χ4n) is 1.45. The van der Waals surface area contributed by atoms with Gasteiger partial charge in [-0.25, -0.2) is 18.1 Å². The zero-order valence-corrected chi connectivity index (χ0v) is 13.4. The maximum atomic E-state index is 12.1. The number of anilines is 1. The molecular formula is C12H21N3O3S2. The summed E-state index contributed by atoms with van der Waals surface area (Å²) in [5.41, 5.74) is 0. The average Bonchev–Trinajstić information content (AvgIpc) is 2.45. The van der Waals surface area contributed by atoms with E-state index in [0.29, 0.717) is 17.3 Å². The van der Waals surface area contributed by atoms with Crippen LogP contribution in [0, 0.1) is 0 Å². The molecule has 0 radical (unpaired) electrons. The highest BCUT2D eigenvalue weighted by molar-refractivity contribution is 7.89. The van der Waals surface area contributed by atoms with Gasteiger partial charge in [-0.2, -0.15) is 0 Å². The zero-order chi connectivity index (χ0) is 15.0. The molecular weight excluding hydrogens is 298 g/mol. The first-order chi connectivity index (χ1) is 9.49. The number of pyridine rings is 1. The van der Waals surface area contributed by atoms with Gasteiger partial charge in [0.2, 0.25) is 10.0 Å². The number of nitrogens with one attached hydrogen (secondary N) is 2. The van der Waals surface area contributed by atoms with E-state index in [0.717, 1.165) is 13.0 Å². The van der Waals surface area contributed by atoms with Gasteiger partial charge in [0, 0.05) is 47.7 Å². The number of hydrogen-bond acceptors (Lipinski definition) is 5. The van der Waals surface area contributed by atoms with Gasteiger partial charge in [0.05, 0.1) is 4.90 Å². The van der Waals surface area contributed by atoms with Crippen LogP contribution < -0.4 is 10.0 Å². The van der Waals surface area contributed by atoms with Crippen molar-refractivity contribution < 1.29 is 12.6 Å². The number of rotatable bonds is 9. The lowest BCUT2D eigenvalue weighted by Crippen LogP contribution is -2.28. The molecule has 0 fully saturated rings. The van der Waals surface area contributed by atoms with Crippen LogP contribution in [-0.2, 0) is 20.8 Å². The number of aromatic nitrogens is 1. The molecule has 1 aromatic rings. The molecule has 6 nitrogen and oxygen atoms in total. The molecule has 1 unspecified atom stereocenters. The Morgan fingerprint density at radius 2 is 2.05 bits per heavy atom. The first-order valence-electron chi connectivity index (χ1n) is 6.54. The first-order valence-corrected chi connectivity index (χ1v) is 9.51. The van der Waals surface area contributed by atoms with Gasteiger partial charge in [-0.1, -0.05) is 13.8 Å². The smallest absolute Gasteiger partial charge is 0.240 e. The van der Waals surface area contributed by atoms with Crippen LogP contribution in [0.3, 0.4) is 0 Å². The van der Waals surface area contributed by atoms with Crippen LogP contribution in [0.15, 0.2) is 23.2 Å². The van der Waals surface area contributed by atoms with E-state index >= 15 is 0 Å². The second kappa shape index (κ2) is 8.33. The third kappa shape index (κ3) is 5.56. The molecule has 0 aromatic carbocycles. The van der Waals surface area contributed by atoms with Crippen molar-refractivity contribution in [3.63, 3.8) is 0 Å². The molecule has 0 amide bonds. The fourth-order valence-corrected chi connectivity index (χ4v) is 3.24. The van der Waals surface area contributed by atoms with Crippen molar-refractivity contribution in [2.45, 2.75) is 25.2 Å². The summed E-state index contributed by atoms with van der Waals surface area (Å²) in [6.07, 6.45) is 2.39. The van der Waals surface area contributed by atoms with Gasteiger partial charge in [-0.05, 0) is 12.5 Å². The third-order valence-corrected chi connectivity index (χ3v) is 5.30. The molecule has 114 valence electrons. The van der Waals surface area contributed by atoms with E-state index < -0.39 is 20.8 Å². The number of nitrogens with zero attached hydrogens (tertiary/aromatic N) is 1. The van der Waals surface area contributed by atoms with Crippen LogP contribution in [0.5, 0.6) is 0 Å². The Balaban J connectivity index is 2.69. The highest BCUT2D eigenvalue weighted by Crippen LogP contribution is 2.12. The van der Waals surface area contributed by atoms with Gasteiger partial charge in [0.1, 0.15) is 5.82 Å². The lowest BCUT2D eigenvalue weighted by Gasteiger charge is -2.08. The quantitative estimate of drug-likeness (QED) is 0.707. The maximum absolute atomic E-state index is 12.1. The monoisotopic (exact) mass is 319 g/mol. The normalized spacial score (nSPS) is 13.1. The molecule has 1 rings (SSSR count). The number of sulfonamides is 1. The van der Waals surface area contributed by atoms with E-state index in [1.807, 2.05) is 6.92 Å². The molecule has 0 spiro atoms. The molecule has 8 heteroatoms. The van der Waals surface area contributed by atoms with E-state index in [-0.39, 0.29) is 11.4 Å². The summed E-state index contributed by atoms with van der Waals surface area (Å²) in [5.74, 6) is 1.39. The Morgan fingerprint density at radius 1 is 1.30 bits per heavy atom. The summed E-state index contributed by atoms with van der Waals surface area (Å²) in [5, 5.41) is 3.04. The van der Waals surface area contributed by atoms with Gasteiger partial charge >= 0.3 is 0 Å². The Bertz CT molecular complexity index is 547. The number of hydrogen-bond donors (Lipinski definition) is 2. The largest absolute Gasteiger partial charge is 0.370 e. The van der Waals surface area contributed by atoms with E-state index in [4.69, 9.17) is 0 Å². The lowest BCUT2D eigenvalue weighted by molar-refractivity contribution is 0.584. The standard InChI is InChI=1S/C12H21N3O3S2/c1-3-6-13-12-10-11(5-7-14-12)20(17,18)15-8-9-19(16)4-2/h5,7,10,15H,3-4,6,8-9H2,1-2H3,(H,13,14). The highest BCUT2D eigenvalue weighted by Gasteiger charge is 2.14. The van der Waals surface area contributed by atoms with E-state index in [2.05, 4.69) is 15.0 Å². The van der Waals surface area contributed by atoms with Crippen molar-refractivity contribution in [3.8, 4) is 0 Å². The van der Waals surface area contributed by atoms with Crippen LogP contribution in [-0.4, -0.2) is 42.2 Å². The predicted octanol–water partition coefficient (Wildman–Crippen LogP) is 0.950. The predicted molar refractivity (Wildman–Crippen MR) is 81.8 cm³/mol. The zero-order valence-electron chi connectivity index (χ0n) is 11.8. The molecule has 20 heavy (non-hydrogen) atoms. The van der Waals surface area contributed by atoms with Crippen molar-refractivity contribution >= 4 is 26.6 Å². The summed E-state index contributed by atoms with van der Waals surface area (Å²) < 4.78 is 37.8. The van der Waals surface area contributed by atoms with Crippen molar-refractivity contribution in [2.75, 3.05) is 29.9 Å². The van der Waals surface area contributed by atoms with Crippen LogP contribution in [0.1, 0.15) is 20.3 Å².